The van der Waals surface area contributed by atoms with Crippen LogP contribution >= 0.6 is 0 Å². The summed E-state index contributed by atoms with van der Waals surface area (Å²) in [5, 5.41) is 0. The molecule has 0 heterocycles. The molecule has 0 bridgehead atoms. The Morgan fingerprint density at radius 3 is 1.33 bits per heavy atom. The molecule has 0 spiro atoms. The van der Waals surface area contributed by atoms with E-state index in [2.05, 4.69) is 23.7 Å². The zero-order valence-corrected chi connectivity index (χ0v) is 7.31. The first-order chi connectivity index (χ1) is 5.86. The van der Waals surface area contributed by atoms with E-state index in [0.717, 1.165) is 11.1 Å². The Bertz CT molecular complexity index is 321. The summed E-state index contributed by atoms with van der Waals surface area (Å²) in [5.74, 6) is 11.7. The molecule has 0 saturated heterocycles. The van der Waals surface area contributed by atoms with Crippen molar-refractivity contribution < 1.29 is 0 Å². The van der Waals surface area contributed by atoms with E-state index < -0.39 is 0 Å². The smallest absolute Gasteiger partial charge is 0.0245 e. The van der Waals surface area contributed by atoms with Crippen LogP contribution in [0.5, 0.6) is 0 Å². The van der Waals surface area contributed by atoms with Crippen molar-refractivity contribution in [2.45, 2.75) is 13.8 Å². The van der Waals surface area contributed by atoms with E-state index >= 15 is 0 Å². The second-order valence-corrected chi connectivity index (χ2v) is 2.33. The Morgan fingerprint density at radius 2 is 1.08 bits per heavy atom. The third-order valence-corrected chi connectivity index (χ3v) is 1.42. The minimum absolute atomic E-state index is 1.04. The quantitative estimate of drug-likeness (QED) is 0.503. The molecule has 0 aliphatic carbocycles. The topological polar surface area (TPSA) is 0 Å². The van der Waals surface area contributed by atoms with Crippen molar-refractivity contribution >= 4 is 0 Å². The minimum Gasteiger partial charge on any atom is -0.101 e. The zero-order chi connectivity index (χ0) is 8.81. The maximum Gasteiger partial charge on any atom is 0.0245 e. The van der Waals surface area contributed by atoms with Crippen molar-refractivity contribution in [3.8, 4) is 23.7 Å². The lowest BCUT2D eigenvalue weighted by molar-refractivity contribution is 1.60. The van der Waals surface area contributed by atoms with E-state index in [1.807, 2.05) is 38.1 Å². The zero-order valence-electron chi connectivity index (χ0n) is 7.31. The van der Waals surface area contributed by atoms with Crippen molar-refractivity contribution in [1.29, 1.82) is 0 Å². The Hall–Kier alpha value is -1.66. The molecule has 12 heavy (non-hydrogen) atoms. The third kappa shape index (κ3) is 2.19. The first kappa shape index (κ1) is 8.44. The second-order valence-electron chi connectivity index (χ2n) is 2.33. The van der Waals surface area contributed by atoms with E-state index in [1.54, 1.807) is 0 Å². The molecule has 0 aromatic heterocycles. The maximum atomic E-state index is 2.98. The predicted octanol–water partition coefficient (Wildman–Crippen LogP) is 2.43. The van der Waals surface area contributed by atoms with Crippen LogP contribution in [-0.4, -0.2) is 0 Å². The summed E-state index contributed by atoms with van der Waals surface area (Å²) < 4.78 is 0. The molecule has 0 atom stereocenters. The molecule has 0 aliphatic rings. The van der Waals surface area contributed by atoms with E-state index in [1.165, 1.54) is 0 Å². The van der Waals surface area contributed by atoms with Gasteiger partial charge >= 0.3 is 0 Å². The molecule has 1 rings (SSSR count). The summed E-state index contributed by atoms with van der Waals surface area (Å²) in [7, 11) is 0. The van der Waals surface area contributed by atoms with Crippen LogP contribution in [-0.2, 0) is 0 Å². The van der Waals surface area contributed by atoms with Crippen LogP contribution in [0.25, 0.3) is 0 Å². The summed E-state index contributed by atoms with van der Waals surface area (Å²) in [6.07, 6.45) is 0. The first-order valence-corrected chi connectivity index (χ1v) is 3.82. The van der Waals surface area contributed by atoms with Crippen LogP contribution in [0.15, 0.2) is 24.3 Å². The fourth-order valence-corrected chi connectivity index (χ4v) is 0.926. The SMILES string of the molecule is CC#Cc1ccc(C#CC)cc1. The van der Waals surface area contributed by atoms with Gasteiger partial charge in [-0.15, -0.1) is 11.8 Å². The molecule has 1 aromatic carbocycles. The van der Waals surface area contributed by atoms with Gasteiger partial charge in [0.2, 0.25) is 0 Å². The van der Waals surface area contributed by atoms with Crippen LogP contribution in [0, 0.1) is 23.7 Å². The fraction of sp³-hybridized carbons (Fsp3) is 0.167. The van der Waals surface area contributed by atoms with Crippen molar-refractivity contribution in [2.24, 2.45) is 0 Å². The number of benzene rings is 1. The van der Waals surface area contributed by atoms with Crippen LogP contribution in [0.4, 0.5) is 0 Å². The number of hydrogen-bond acceptors (Lipinski definition) is 0. The summed E-state index contributed by atoms with van der Waals surface area (Å²) in [4.78, 5) is 0. The maximum absolute atomic E-state index is 2.98. The van der Waals surface area contributed by atoms with Crippen molar-refractivity contribution in [3.63, 3.8) is 0 Å². The highest BCUT2D eigenvalue weighted by Gasteiger charge is 1.86. The van der Waals surface area contributed by atoms with Crippen LogP contribution in [0.3, 0.4) is 0 Å². The summed E-state index contributed by atoms with van der Waals surface area (Å²) in [6, 6.07) is 7.93. The van der Waals surface area contributed by atoms with Gasteiger partial charge in [0.05, 0.1) is 0 Å². The van der Waals surface area contributed by atoms with E-state index in [4.69, 9.17) is 0 Å². The largest absolute Gasteiger partial charge is 0.101 e. The second kappa shape index (κ2) is 4.27. The van der Waals surface area contributed by atoms with Crippen molar-refractivity contribution in [2.75, 3.05) is 0 Å². The lowest BCUT2D eigenvalue weighted by Gasteiger charge is -1.90. The Kier molecular flexibility index (Phi) is 3.00. The highest BCUT2D eigenvalue weighted by Crippen LogP contribution is 2.01. The number of rotatable bonds is 0. The van der Waals surface area contributed by atoms with Gasteiger partial charge in [0, 0.05) is 11.1 Å². The average molecular weight is 154 g/mol. The molecular weight excluding hydrogens is 144 g/mol. The van der Waals surface area contributed by atoms with Gasteiger partial charge in [-0.05, 0) is 38.1 Å². The molecule has 0 N–H and O–H groups in total. The van der Waals surface area contributed by atoms with E-state index in [9.17, 15) is 0 Å². The van der Waals surface area contributed by atoms with Gasteiger partial charge in [0.15, 0.2) is 0 Å². The Morgan fingerprint density at radius 1 is 0.750 bits per heavy atom. The van der Waals surface area contributed by atoms with Gasteiger partial charge < -0.3 is 0 Å². The van der Waals surface area contributed by atoms with E-state index in [-0.39, 0.29) is 0 Å². The molecule has 0 unspecified atom stereocenters. The highest BCUT2D eigenvalue weighted by molar-refractivity contribution is 5.41. The molecule has 0 heteroatoms. The average Bonchev–Trinajstić information content (AvgIpc) is 2.09. The Labute approximate surface area is 73.6 Å². The van der Waals surface area contributed by atoms with Crippen LogP contribution in [0.1, 0.15) is 25.0 Å². The molecule has 58 valence electrons. The van der Waals surface area contributed by atoms with Gasteiger partial charge in [-0.1, -0.05) is 11.8 Å². The van der Waals surface area contributed by atoms with Crippen molar-refractivity contribution in [3.05, 3.63) is 35.4 Å². The van der Waals surface area contributed by atoms with Gasteiger partial charge in [-0.25, -0.2) is 0 Å². The van der Waals surface area contributed by atoms with Gasteiger partial charge in [-0.2, -0.15) is 0 Å². The monoisotopic (exact) mass is 154 g/mol. The lowest BCUT2D eigenvalue weighted by Crippen LogP contribution is -1.75. The Balaban J connectivity index is 2.95. The summed E-state index contributed by atoms with van der Waals surface area (Å²) >= 11 is 0. The van der Waals surface area contributed by atoms with E-state index in [0.29, 0.717) is 0 Å². The molecule has 0 saturated carbocycles. The van der Waals surface area contributed by atoms with Gasteiger partial charge in [0.1, 0.15) is 0 Å². The van der Waals surface area contributed by atoms with Crippen molar-refractivity contribution in [1.82, 2.24) is 0 Å². The molecule has 0 nitrogen and oxygen atoms in total. The lowest BCUT2D eigenvalue weighted by atomic mass is 10.1. The molecule has 0 amide bonds. The van der Waals surface area contributed by atoms with Gasteiger partial charge in [0.25, 0.3) is 0 Å². The third-order valence-electron chi connectivity index (χ3n) is 1.42. The summed E-state index contributed by atoms with van der Waals surface area (Å²) in [6.45, 7) is 3.67. The van der Waals surface area contributed by atoms with Crippen LogP contribution in [0.2, 0.25) is 0 Å². The predicted molar refractivity (Wildman–Crippen MR) is 51.5 cm³/mol. The van der Waals surface area contributed by atoms with Crippen LogP contribution < -0.4 is 0 Å². The molecule has 0 fully saturated rings. The highest BCUT2D eigenvalue weighted by atomic mass is 13.9. The molecular formula is C12H10. The normalized spacial score (nSPS) is 7.50. The standard InChI is InChI=1S/C12H10/c1-3-5-11-7-9-12(6-4-2)10-8-11/h7-10H,1-2H3. The molecule has 0 aliphatic heterocycles. The van der Waals surface area contributed by atoms with Gasteiger partial charge in [-0.3, -0.25) is 0 Å². The minimum atomic E-state index is 1.04. The number of hydrogen-bond donors (Lipinski definition) is 0. The molecule has 1 aromatic rings. The molecule has 0 radical (unpaired) electrons. The fourth-order valence-electron chi connectivity index (χ4n) is 0.926. The first-order valence-electron chi connectivity index (χ1n) is 3.82. The summed E-state index contributed by atoms with van der Waals surface area (Å²) in [5.41, 5.74) is 2.08.